The molecule has 2 N–H and O–H groups in total. The molecule has 0 spiro atoms. The van der Waals surface area contributed by atoms with E-state index in [1.54, 1.807) is 24.3 Å². The normalized spacial score (nSPS) is 11.0. The second-order valence-electron chi connectivity index (χ2n) is 3.84. The summed E-state index contributed by atoms with van der Waals surface area (Å²) >= 11 is 3.35. The topological polar surface area (TPSA) is 52.0 Å². The number of nitrogens with two attached hydrogens (primary N) is 1. The highest BCUT2D eigenvalue weighted by Crippen LogP contribution is 2.32. The molecule has 2 aromatic carbocycles. The van der Waals surface area contributed by atoms with E-state index < -0.39 is 0 Å². The lowest BCUT2D eigenvalue weighted by atomic mass is 10.2. The minimum Gasteiger partial charge on any atom is -0.436 e. The summed E-state index contributed by atoms with van der Waals surface area (Å²) in [5, 5.41) is 0. The second-order valence-corrected chi connectivity index (χ2v) is 4.69. The molecule has 1 aromatic heterocycles. The number of para-hydroxylation sites is 1. The first kappa shape index (κ1) is 11.2. The van der Waals surface area contributed by atoms with E-state index in [4.69, 9.17) is 10.2 Å². The van der Waals surface area contributed by atoms with Crippen molar-refractivity contribution in [3.8, 4) is 11.5 Å². The quantitative estimate of drug-likeness (QED) is 0.692. The van der Waals surface area contributed by atoms with Gasteiger partial charge in [0.2, 0.25) is 5.89 Å². The van der Waals surface area contributed by atoms with Crippen LogP contribution >= 0.6 is 15.9 Å². The number of hydrogen-bond acceptors (Lipinski definition) is 3. The maximum absolute atomic E-state index is 13.3. The Bertz CT molecular complexity index is 739. The van der Waals surface area contributed by atoms with Gasteiger partial charge in [-0.3, -0.25) is 0 Å². The van der Waals surface area contributed by atoms with E-state index in [9.17, 15) is 4.39 Å². The maximum Gasteiger partial charge on any atom is 0.228 e. The zero-order valence-electron chi connectivity index (χ0n) is 9.15. The first-order chi connectivity index (χ1) is 8.65. The fourth-order valence-electron chi connectivity index (χ4n) is 1.75. The van der Waals surface area contributed by atoms with Crippen LogP contribution in [-0.4, -0.2) is 4.98 Å². The molecule has 18 heavy (non-hydrogen) atoms. The minimum absolute atomic E-state index is 0.342. The van der Waals surface area contributed by atoms with E-state index in [-0.39, 0.29) is 5.82 Å². The third kappa shape index (κ3) is 1.76. The zero-order chi connectivity index (χ0) is 12.7. The summed E-state index contributed by atoms with van der Waals surface area (Å²) in [5.41, 5.74) is 8.08. The Morgan fingerprint density at radius 1 is 1.22 bits per heavy atom. The van der Waals surface area contributed by atoms with Crippen molar-refractivity contribution in [3.05, 3.63) is 46.7 Å². The molecule has 0 aliphatic heterocycles. The van der Waals surface area contributed by atoms with Crippen LogP contribution in [0.3, 0.4) is 0 Å². The third-order valence-corrected chi connectivity index (χ3v) is 3.30. The van der Waals surface area contributed by atoms with Crippen LogP contribution in [0, 0.1) is 5.82 Å². The number of rotatable bonds is 1. The van der Waals surface area contributed by atoms with Gasteiger partial charge in [-0.05, 0) is 46.3 Å². The number of halogens is 2. The van der Waals surface area contributed by atoms with Gasteiger partial charge in [0, 0.05) is 4.47 Å². The molecule has 3 nitrogen and oxygen atoms in total. The Labute approximate surface area is 111 Å². The highest BCUT2D eigenvalue weighted by Gasteiger charge is 2.13. The first-order valence-electron chi connectivity index (χ1n) is 5.25. The fraction of sp³-hybridized carbons (Fsp3) is 0. The Morgan fingerprint density at radius 2 is 2.06 bits per heavy atom. The molecule has 90 valence electrons. The minimum atomic E-state index is -0.344. The molecule has 5 heteroatoms. The predicted octanol–water partition coefficient (Wildman–Crippen LogP) is 3.98. The lowest BCUT2D eigenvalue weighted by molar-refractivity contribution is 0.610. The Balaban J connectivity index is 2.26. The van der Waals surface area contributed by atoms with Gasteiger partial charge in [-0.25, -0.2) is 9.37 Å². The van der Waals surface area contributed by atoms with Crippen molar-refractivity contribution in [1.29, 1.82) is 0 Å². The van der Waals surface area contributed by atoms with Crippen molar-refractivity contribution >= 4 is 32.7 Å². The van der Waals surface area contributed by atoms with Crippen LogP contribution in [0.15, 0.2) is 45.3 Å². The third-order valence-electron chi connectivity index (χ3n) is 2.61. The van der Waals surface area contributed by atoms with Crippen LogP contribution < -0.4 is 5.73 Å². The van der Waals surface area contributed by atoms with Gasteiger partial charge < -0.3 is 10.2 Å². The summed E-state index contributed by atoms with van der Waals surface area (Å²) in [6, 6.07) is 9.65. The Kier molecular flexibility index (Phi) is 2.56. The van der Waals surface area contributed by atoms with Crippen LogP contribution in [0.25, 0.3) is 22.6 Å². The van der Waals surface area contributed by atoms with Gasteiger partial charge in [0.25, 0.3) is 0 Å². The van der Waals surface area contributed by atoms with Crippen molar-refractivity contribution in [3.63, 3.8) is 0 Å². The largest absolute Gasteiger partial charge is 0.436 e. The van der Waals surface area contributed by atoms with E-state index in [1.807, 2.05) is 0 Å². The number of nitrogen functional groups attached to an aromatic ring is 1. The van der Waals surface area contributed by atoms with Crippen molar-refractivity contribution < 1.29 is 8.81 Å². The molecule has 0 unspecified atom stereocenters. The predicted molar refractivity (Wildman–Crippen MR) is 71.5 cm³/mol. The van der Waals surface area contributed by atoms with Gasteiger partial charge in [0.05, 0.1) is 11.3 Å². The molecular formula is C13H8BrFN2O. The Hall–Kier alpha value is -1.88. The van der Waals surface area contributed by atoms with Gasteiger partial charge >= 0.3 is 0 Å². The molecule has 1 heterocycles. The summed E-state index contributed by atoms with van der Waals surface area (Å²) in [5.74, 6) is -0.00213. The van der Waals surface area contributed by atoms with Gasteiger partial charge in [0.15, 0.2) is 5.58 Å². The highest BCUT2D eigenvalue weighted by molar-refractivity contribution is 9.10. The van der Waals surface area contributed by atoms with E-state index in [0.29, 0.717) is 32.7 Å². The van der Waals surface area contributed by atoms with Crippen LogP contribution in [0.1, 0.15) is 0 Å². The number of oxazole rings is 1. The average Bonchev–Trinajstić information content (AvgIpc) is 2.77. The number of nitrogens with zero attached hydrogens (tertiary/aromatic N) is 1. The molecule has 0 aliphatic carbocycles. The smallest absolute Gasteiger partial charge is 0.228 e. The zero-order valence-corrected chi connectivity index (χ0v) is 10.7. The molecule has 3 aromatic rings. The summed E-state index contributed by atoms with van der Waals surface area (Å²) < 4.78 is 19.6. The molecule has 0 bridgehead atoms. The molecule has 0 atom stereocenters. The van der Waals surface area contributed by atoms with Gasteiger partial charge in [0.1, 0.15) is 11.3 Å². The van der Waals surface area contributed by atoms with Crippen LogP contribution in [-0.2, 0) is 0 Å². The molecule has 3 rings (SSSR count). The maximum atomic E-state index is 13.3. The van der Waals surface area contributed by atoms with Crippen LogP contribution in [0.4, 0.5) is 10.1 Å². The van der Waals surface area contributed by atoms with E-state index in [2.05, 4.69) is 20.9 Å². The lowest BCUT2D eigenvalue weighted by Gasteiger charge is -1.98. The summed E-state index contributed by atoms with van der Waals surface area (Å²) in [6.07, 6.45) is 0. The van der Waals surface area contributed by atoms with E-state index in [1.165, 1.54) is 12.1 Å². The number of anilines is 1. The SMILES string of the molecule is Nc1cccc2oc(-c3cc(F)ccc3Br)nc12. The van der Waals surface area contributed by atoms with Crippen LogP contribution in [0.2, 0.25) is 0 Å². The lowest BCUT2D eigenvalue weighted by Crippen LogP contribution is -1.86. The number of benzene rings is 2. The molecule has 0 amide bonds. The highest BCUT2D eigenvalue weighted by atomic mass is 79.9. The molecule has 0 radical (unpaired) electrons. The van der Waals surface area contributed by atoms with Crippen molar-refractivity contribution in [2.24, 2.45) is 0 Å². The molecule has 0 fully saturated rings. The van der Waals surface area contributed by atoms with Crippen molar-refractivity contribution in [2.75, 3.05) is 5.73 Å². The van der Waals surface area contributed by atoms with Crippen molar-refractivity contribution in [1.82, 2.24) is 4.98 Å². The molecular weight excluding hydrogens is 299 g/mol. The number of aromatic nitrogens is 1. The molecule has 0 saturated carbocycles. The van der Waals surface area contributed by atoms with Gasteiger partial charge in [-0.2, -0.15) is 0 Å². The van der Waals surface area contributed by atoms with Gasteiger partial charge in [-0.15, -0.1) is 0 Å². The first-order valence-corrected chi connectivity index (χ1v) is 6.05. The molecule has 0 saturated heterocycles. The summed E-state index contributed by atoms with van der Waals surface area (Å²) in [6.45, 7) is 0. The second kappa shape index (κ2) is 4.10. The number of fused-ring (bicyclic) bond motifs is 1. The number of hydrogen-bond donors (Lipinski definition) is 1. The fourth-order valence-corrected chi connectivity index (χ4v) is 2.16. The van der Waals surface area contributed by atoms with E-state index in [0.717, 1.165) is 0 Å². The summed E-state index contributed by atoms with van der Waals surface area (Å²) in [7, 11) is 0. The standard InChI is InChI=1S/C13H8BrFN2O/c14-9-5-4-7(15)6-8(9)13-17-12-10(16)2-1-3-11(12)18-13/h1-6H,16H2. The Morgan fingerprint density at radius 3 is 2.83 bits per heavy atom. The molecule has 0 aliphatic rings. The monoisotopic (exact) mass is 306 g/mol. The van der Waals surface area contributed by atoms with Crippen LogP contribution in [0.5, 0.6) is 0 Å². The van der Waals surface area contributed by atoms with Gasteiger partial charge in [-0.1, -0.05) is 6.07 Å². The van der Waals surface area contributed by atoms with Crippen molar-refractivity contribution in [2.45, 2.75) is 0 Å². The van der Waals surface area contributed by atoms with E-state index >= 15 is 0 Å². The average molecular weight is 307 g/mol. The summed E-state index contributed by atoms with van der Waals surface area (Å²) in [4.78, 5) is 4.30.